The molecule has 5 nitrogen and oxygen atoms in total. The van der Waals surface area contributed by atoms with Gasteiger partial charge in [-0.3, -0.25) is 9.79 Å². The number of halogens is 2. The smallest absolute Gasteiger partial charge is 0.251 e. The van der Waals surface area contributed by atoms with E-state index in [1.165, 1.54) is 12.1 Å². The predicted molar refractivity (Wildman–Crippen MR) is 130 cm³/mol. The minimum atomic E-state index is -0.218. The number of nitrogens with one attached hydrogen (secondary N) is 3. The second kappa shape index (κ2) is 14.2. The average molecular weight is 530 g/mol. The lowest BCUT2D eigenvalue weighted by atomic mass is 10.1. The molecule has 1 amide bonds. The number of carbonyl (C=O) groups excluding carboxylic acids is 1. The van der Waals surface area contributed by atoms with Gasteiger partial charge in [0.1, 0.15) is 5.82 Å². The normalized spacial score (nSPS) is 10.8. The van der Waals surface area contributed by atoms with Crippen molar-refractivity contribution in [1.82, 2.24) is 16.0 Å². The summed E-state index contributed by atoms with van der Waals surface area (Å²) in [7, 11) is 1.63. The highest BCUT2D eigenvalue weighted by molar-refractivity contribution is 14.0. The Kier molecular flexibility index (Phi) is 12.4. The van der Waals surface area contributed by atoms with Gasteiger partial charge in [-0.25, -0.2) is 4.39 Å². The summed E-state index contributed by atoms with van der Waals surface area (Å²) in [6.07, 6.45) is 0.756. The second-order valence-electron chi connectivity index (χ2n) is 6.02. The fourth-order valence-corrected chi connectivity index (χ4v) is 3.29. The van der Waals surface area contributed by atoms with E-state index in [2.05, 4.69) is 20.9 Å². The van der Waals surface area contributed by atoms with Crippen LogP contribution in [0.1, 0.15) is 22.8 Å². The van der Waals surface area contributed by atoms with Crippen LogP contribution in [-0.2, 0) is 6.42 Å². The molecule has 0 fully saturated rings. The molecule has 29 heavy (non-hydrogen) atoms. The van der Waals surface area contributed by atoms with Crippen LogP contribution in [0.5, 0.6) is 0 Å². The maximum absolute atomic E-state index is 12.9. The average Bonchev–Trinajstić information content (AvgIpc) is 2.72. The quantitative estimate of drug-likeness (QED) is 0.152. The van der Waals surface area contributed by atoms with Gasteiger partial charge in [0.2, 0.25) is 0 Å². The Morgan fingerprint density at radius 3 is 2.59 bits per heavy atom. The van der Waals surface area contributed by atoms with E-state index in [1.807, 2.05) is 25.1 Å². The number of hydrogen-bond donors (Lipinski definition) is 3. The Hall–Kier alpha value is -1.81. The monoisotopic (exact) mass is 530 g/mol. The topological polar surface area (TPSA) is 65.5 Å². The molecular weight excluding hydrogens is 502 g/mol. The Balaban J connectivity index is 0.00000420. The molecular formula is C21H28FIN4OS. The fraction of sp³-hybridized carbons (Fsp3) is 0.333. The number of thioether (sulfide) groups is 1. The van der Waals surface area contributed by atoms with E-state index < -0.39 is 0 Å². The molecule has 2 aromatic rings. The Morgan fingerprint density at radius 1 is 1.14 bits per heavy atom. The van der Waals surface area contributed by atoms with Crippen molar-refractivity contribution in [1.29, 1.82) is 0 Å². The molecule has 158 valence electrons. The molecule has 0 spiro atoms. The predicted octanol–water partition coefficient (Wildman–Crippen LogP) is 3.69. The summed E-state index contributed by atoms with van der Waals surface area (Å²) in [5.41, 5.74) is 1.74. The van der Waals surface area contributed by atoms with Gasteiger partial charge in [-0.1, -0.05) is 12.1 Å². The molecule has 0 saturated heterocycles. The zero-order chi connectivity index (χ0) is 20.2. The van der Waals surface area contributed by atoms with Crippen molar-refractivity contribution in [3.63, 3.8) is 0 Å². The second-order valence-corrected chi connectivity index (χ2v) is 7.19. The molecule has 8 heteroatoms. The van der Waals surface area contributed by atoms with Gasteiger partial charge >= 0.3 is 0 Å². The third-order valence-electron chi connectivity index (χ3n) is 3.91. The summed E-state index contributed by atoms with van der Waals surface area (Å²) >= 11 is 1.67. The lowest BCUT2D eigenvalue weighted by molar-refractivity contribution is 0.0963. The number of aliphatic imine (C=N–C) groups is 1. The molecule has 0 bridgehead atoms. The van der Waals surface area contributed by atoms with Crippen LogP contribution < -0.4 is 16.0 Å². The third-order valence-corrected chi connectivity index (χ3v) is 4.92. The Labute approximate surface area is 193 Å². The maximum Gasteiger partial charge on any atom is 0.251 e. The third kappa shape index (κ3) is 9.49. The van der Waals surface area contributed by atoms with Gasteiger partial charge in [-0.2, -0.15) is 0 Å². The van der Waals surface area contributed by atoms with E-state index in [9.17, 15) is 9.18 Å². The summed E-state index contributed by atoms with van der Waals surface area (Å²) in [5, 5.41) is 9.17. The molecule has 0 atom stereocenters. The Morgan fingerprint density at radius 2 is 1.90 bits per heavy atom. The van der Waals surface area contributed by atoms with Crippen LogP contribution in [0.2, 0.25) is 0 Å². The zero-order valence-electron chi connectivity index (χ0n) is 16.7. The highest BCUT2D eigenvalue weighted by Crippen LogP contribution is 2.17. The van der Waals surface area contributed by atoms with Crippen molar-refractivity contribution in [3.05, 3.63) is 65.5 Å². The summed E-state index contributed by atoms with van der Waals surface area (Å²) < 4.78 is 12.9. The molecule has 2 rings (SSSR count). The minimum absolute atomic E-state index is 0. The number of nitrogens with zero attached hydrogens (tertiary/aromatic N) is 1. The van der Waals surface area contributed by atoms with Gasteiger partial charge in [0.05, 0.1) is 0 Å². The van der Waals surface area contributed by atoms with Crippen LogP contribution in [0.3, 0.4) is 0 Å². The number of guanidine groups is 1. The van der Waals surface area contributed by atoms with Crippen LogP contribution in [0, 0.1) is 5.82 Å². The van der Waals surface area contributed by atoms with Crippen LogP contribution in [0.15, 0.2) is 58.4 Å². The first-order valence-electron chi connectivity index (χ1n) is 9.34. The molecule has 0 heterocycles. The van der Waals surface area contributed by atoms with E-state index in [1.54, 1.807) is 37.0 Å². The summed E-state index contributed by atoms with van der Waals surface area (Å²) in [6, 6.07) is 14.1. The van der Waals surface area contributed by atoms with Crippen LogP contribution in [-0.4, -0.2) is 44.3 Å². The van der Waals surface area contributed by atoms with E-state index in [4.69, 9.17) is 0 Å². The van der Waals surface area contributed by atoms with Crippen molar-refractivity contribution in [2.24, 2.45) is 4.99 Å². The number of rotatable bonds is 9. The molecule has 0 aliphatic rings. The molecule has 0 aliphatic carbocycles. The molecule has 0 radical (unpaired) electrons. The van der Waals surface area contributed by atoms with Crippen LogP contribution >= 0.6 is 35.7 Å². The minimum Gasteiger partial charge on any atom is -0.357 e. The van der Waals surface area contributed by atoms with Crippen LogP contribution in [0.25, 0.3) is 0 Å². The number of amides is 1. The zero-order valence-corrected chi connectivity index (χ0v) is 19.9. The summed E-state index contributed by atoms with van der Waals surface area (Å²) in [4.78, 5) is 17.4. The lowest BCUT2D eigenvalue weighted by Gasteiger charge is -2.11. The van der Waals surface area contributed by atoms with Gasteiger partial charge in [-0.05, 0) is 55.3 Å². The number of carbonyl (C=O) groups is 1. The first-order chi connectivity index (χ1) is 13.6. The summed E-state index contributed by atoms with van der Waals surface area (Å²) in [5.74, 6) is 1.32. The number of benzene rings is 2. The van der Waals surface area contributed by atoms with Gasteiger partial charge < -0.3 is 16.0 Å². The van der Waals surface area contributed by atoms with Gasteiger partial charge in [0.15, 0.2) is 5.96 Å². The van der Waals surface area contributed by atoms with Gasteiger partial charge in [0.25, 0.3) is 5.91 Å². The van der Waals surface area contributed by atoms with Crippen molar-refractivity contribution < 1.29 is 9.18 Å². The van der Waals surface area contributed by atoms with Crippen molar-refractivity contribution in [2.45, 2.75) is 18.2 Å². The largest absolute Gasteiger partial charge is 0.357 e. The van der Waals surface area contributed by atoms with E-state index in [0.29, 0.717) is 12.1 Å². The summed E-state index contributed by atoms with van der Waals surface area (Å²) in [6.45, 7) is 4.18. The molecule has 0 aliphatic heterocycles. The highest BCUT2D eigenvalue weighted by atomic mass is 127. The fourth-order valence-electron chi connectivity index (χ4n) is 2.52. The Bertz CT molecular complexity index is 787. The molecule has 0 saturated carbocycles. The van der Waals surface area contributed by atoms with Gasteiger partial charge in [-0.15, -0.1) is 35.7 Å². The van der Waals surface area contributed by atoms with Crippen molar-refractivity contribution in [2.75, 3.05) is 32.4 Å². The van der Waals surface area contributed by atoms with E-state index in [0.717, 1.165) is 41.7 Å². The lowest BCUT2D eigenvalue weighted by Crippen LogP contribution is -2.38. The molecule has 0 unspecified atom stereocenters. The molecule has 0 aromatic heterocycles. The standard InChI is InChI=1S/C21H27FN4OS.HI/c1-3-24-21(26-13-14-28-19-9-7-18(22)8-10-19)25-12-11-16-5-4-6-17(15-16)20(27)23-2;/h4-10,15H,3,11-14H2,1-2H3,(H,23,27)(H2,24,25,26);1H. The SMILES string of the molecule is CCNC(=NCCc1cccc(C(=O)NC)c1)NCCSc1ccc(F)cc1.I. The van der Waals surface area contributed by atoms with E-state index >= 15 is 0 Å². The van der Waals surface area contributed by atoms with Crippen molar-refractivity contribution in [3.8, 4) is 0 Å². The van der Waals surface area contributed by atoms with Crippen molar-refractivity contribution >= 4 is 47.6 Å². The highest BCUT2D eigenvalue weighted by Gasteiger charge is 2.04. The van der Waals surface area contributed by atoms with E-state index in [-0.39, 0.29) is 35.7 Å². The first kappa shape index (κ1) is 25.2. The van der Waals surface area contributed by atoms with Gasteiger partial charge in [0, 0.05) is 42.9 Å². The molecule has 2 aromatic carbocycles. The van der Waals surface area contributed by atoms with Crippen LogP contribution in [0.4, 0.5) is 4.39 Å². The number of hydrogen-bond acceptors (Lipinski definition) is 3. The maximum atomic E-state index is 12.9. The molecule has 3 N–H and O–H groups in total. The first-order valence-corrected chi connectivity index (χ1v) is 10.3.